The topological polar surface area (TPSA) is 61.4 Å². The number of carbonyl (C=O) groups is 2. The summed E-state index contributed by atoms with van der Waals surface area (Å²) in [6.45, 7) is 0.871. The summed E-state index contributed by atoms with van der Waals surface area (Å²) in [6, 6.07) is 11.6. The second kappa shape index (κ2) is 6.78. The molecule has 1 fully saturated rings. The summed E-state index contributed by atoms with van der Waals surface area (Å²) >= 11 is 0. The average molecular weight is 353 g/mol. The van der Waals surface area contributed by atoms with Crippen LogP contribution in [0.1, 0.15) is 41.2 Å². The first-order valence-corrected chi connectivity index (χ1v) is 8.86. The number of benzene rings is 2. The highest BCUT2D eigenvalue weighted by Gasteiger charge is 2.29. The highest BCUT2D eigenvalue weighted by Crippen LogP contribution is 2.33. The minimum atomic E-state index is -0.289. The van der Waals surface area contributed by atoms with Gasteiger partial charge in [0, 0.05) is 12.1 Å². The van der Waals surface area contributed by atoms with Crippen LogP contribution in [-0.4, -0.2) is 29.8 Å². The van der Waals surface area contributed by atoms with Gasteiger partial charge < -0.3 is 15.5 Å². The number of hydrogen-bond acceptors (Lipinski definition) is 3. The summed E-state index contributed by atoms with van der Waals surface area (Å²) in [5.41, 5.74) is 2.77. The van der Waals surface area contributed by atoms with Crippen molar-refractivity contribution in [1.82, 2.24) is 4.90 Å². The van der Waals surface area contributed by atoms with Gasteiger partial charge in [-0.15, -0.1) is 0 Å². The summed E-state index contributed by atoms with van der Waals surface area (Å²) < 4.78 is 13.6. The van der Waals surface area contributed by atoms with Crippen LogP contribution in [0.5, 0.6) is 0 Å². The van der Waals surface area contributed by atoms with Crippen molar-refractivity contribution in [3.05, 3.63) is 59.4 Å². The van der Waals surface area contributed by atoms with Crippen molar-refractivity contribution in [2.24, 2.45) is 0 Å². The monoisotopic (exact) mass is 353 g/mol. The van der Waals surface area contributed by atoms with E-state index in [0.29, 0.717) is 17.8 Å². The lowest BCUT2D eigenvalue weighted by Crippen LogP contribution is -2.38. The Morgan fingerprint density at radius 1 is 1.12 bits per heavy atom. The normalized spacial score (nSPS) is 19.3. The van der Waals surface area contributed by atoms with E-state index >= 15 is 0 Å². The van der Waals surface area contributed by atoms with Crippen LogP contribution in [-0.2, 0) is 4.79 Å². The number of piperidine rings is 1. The number of rotatable bonds is 2. The van der Waals surface area contributed by atoms with Crippen molar-refractivity contribution in [3.8, 4) is 0 Å². The van der Waals surface area contributed by atoms with Crippen molar-refractivity contribution < 1.29 is 14.0 Å². The summed E-state index contributed by atoms with van der Waals surface area (Å²) in [6.07, 6.45) is 2.76. The number of amides is 2. The van der Waals surface area contributed by atoms with Gasteiger partial charge in [-0.2, -0.15) is 0 Å². The van der Waals surface area contributed by atoms with Crippen LogP contribution in [0, 0.1) is 5.82 Å². The van der Waals surface area contributed by atoms with Gasteiger partial charge in [-0.3, -0.25) is 9.59 Å². The molecule has 0 saturated carbocycles. The van der Waals surface area contributed by atoms with Crippen LogP contribution in [0.3, 0.4) is 0 Å². The largest absolute Gasteiger partial charge is 0.374 e. The smallest absolute Gasteiger partial charge is 0.254 e. The maximum absolute atomic E-state index is 13.6. The summed E-state index contributed by atoms with van der Waals surface area (Å²) in [7, 11) is 0. The minimum Gasteiger partial charge on any atom is -0.374 e. The fourth-order valence-corrected chi connectivity index (χ4v) is 3.71. The molecule has 0 bridgehead atoms. The second-order valence-corrected chi connectivity index (χ2v) is 6.73. The molecule has 2 amide bonds. The van der Waals surface area contributed by atoms with E-state index in [2.05, 4.69) is 10.6 Å². The van der Waals surface area contributed by atoms with Gasteiger partial charge in [0.1, 0.15) is 5.82 Å². The van der Waals surface area contributed by atoms with Crippen LogP contribution >= 0.6 is 0 Å². The highest BCUT2D eigenvalue weighted by atomic mass is 19.1. The molecule has 2 aromatic carbocycles. The first kappa shape index (κ1) is 16.6. The fraction of sp³-hybridized carbons (Fsp3) is 0.300. The number of anilines is 2. The summed E-state index contributed by atoms with van der Waals surface area (Å²) in [5, 5.41) is 5.81. The maximum atomic E-state index is 13.6. The molecule has 2 heterocycles. The van der Waals surface area contributed by atoms with Gasteiger partial charge in [0.15, 0.2) is 0 Å². The van der Waals surface area contributed by atoms with E-state index in [9.17, 15) is 14.0 Å². The van der Waals surface area contributed by atoms with E-state index in [1.165, 1.54) is 12.1 Å². The Labute approximate surface area is 151 Å². The Kier molecular flexibility index (Phi) is 4.32. The molecule has 6 heteroatoms. The molecule has 2 aromatic rings. The maximum Gasteiger partial charge on any atom is 0.254 e. The quantitative estimate of drug-likeness (QED) is 0.868. The van der Waals surface area contributed by atoms with Gasteiger partial charge in [-0.25, -0.2) is 4.39 Å². The third-order valence-electron chi connectivity index (χ3n) is 4.98. The lowest BCUT2D eigenvalue weighted by Gasteiger charge is -2.36. The Morgan fingerprint density at radius 3 is 2.85 bits per heavy atom. The van der Waals surface area contributed by atoms with Crippen LogP contribution in [0.2, 0.25) is 0 Å². The Hall–Kier alpha value is -2.89. The summed E-state index contributed by atoms with van der Waals surface area (Å²) in [4.78, 5) is 26.5. The zero-order valence-corrected chi connectivity index (χ0v) is 14.3. The molecule has 0 aliphatic carbocycles. The SMILES string of the molecule is O=C1CNc2ccc(C(=O)N3CCCCC3c3cccc(F)c3)cc2N1. The van der Waals surface area contributed by atoms with Crippen molar-refractivity contribution in [2.75, 3.05) is 23.7 Å². The molecule has 5 nitrogen and oxygen atoms in total. The molecule has 26 heavy (non-hydrogen) atoms. The van der Waals surface area contributed by atoms with E-state index in [1.807, 2.05) is 17.0 Å². The fourth-order valence-electron chi connectivity index (χ4n) is 3.71. The lowest BCUT2D eigenvalue weighted by molar-refractivity contribution is -0.114. The van der Waals surface area contributed by atoms with Gasteiger partial charge >= 0.3 is 0 Å². The molecule has 134 valence electrons. The number of likely N-dealkylation sites (tertiary alicyclic amines) is 1. The molecular formula is C20H20FN3O2. The van der Waals surface area contributed by atoms with E-state index in [1.54, 1.807) is 18.2 Å². The molecule has 0 spiro atoms. The lowest BCUT2D eigenvalue weighted by atomic mass is 9.94. The highest BCUT2D eigenvalue weighted by molar-refractivity contribution is 6.03. The predicted octanol–water partition coefficient (Wildman–Crippen LogP) is 3.56. The standard InChI is InChI=1S/C20H20FN3O2/c21-15-5-3-4-13(10-15)18-6-1-2-9-24(18)20(26)14-7-8-16-17(11-14)23-19(25)12-22-16/h3-5,7-8,10-11,18,22H,1-2,6,9,12H2,(H,23,25). The number of hydrogen-bond donors (Lipinski definition) is 2. The molecule has 1 saturated heterocycles. The second-order valence-electron chi connectivity index (χ2n) is 6.73. The molecule has 4 rings (SSSR count). The third-order valence-corrected chi connectivity index (χ3v) is 4.98. The molecule has 2 aliphatic heterocycles. The van der Waals surface area contributed by atoms with E-state index in [4.69, 9.17) is 0 Å². The van der Waals surface area contributed by atoms with E-state index in [0.717, 1.165) is 30.5 Å². The average Bonchev–Trinajstić information content (AvgIpc) is 2.67. The van der Waals surface area contributed by atoms with Gasteiger partial charge in [0.25, 0.3) is 5.91 Å². The van der Waals surface area contributed by atoms with Crippen molar-refractivity contribution in [1.29, 1.82) is 0 Å². The molecule has 2 N–H and O–H groups in total. The molecule has 0 radical (unpaired) electrons. The number of nitrogens with one attached hydrogen (secondary N) is 2. The van der Waals surface area contributed by atoms with Gasteiger partial charge in [0.05, 0.1) is 24.0 Å². The van der Waals surface area contributed by atoms with Crippen LogP contribution in [0.25, 0.3) is 0 Å². The minimum absolute atomic E-state index is 0.0958. The molecule has 1 atom stereocenters. The number of nitrogens with zero attached hydrogens (tertiary/aromatic N) is 1. The predicted molar refractivity (Wildman–Crippen MR) is 97.6 cm³/mol. The van der Waals surface area contributed by atoms with Crippen LogP contribution in [0.4, 0.5) is 15.8 Å². The molecular weight excluding hydrogens is 333 g/mol. The van der Waals surface area contributed by atoms with E-state index in [-0.39, 0.29) is 30.2 Å². The Balaban J connectivity index is 1.63. The Morgan fingerprint density at radius 2 is 2.00 bits per heavy atom. The third kappa shape index (κ3) is 3.14. The van der Waals surface area contributed by atoms with Crippen molar-refractivity contribution >= 4 is 23.2 Å². The summed E-state index contributed by atoms with van der Waals surface area (Å²) in [5.74, 6) is -0.512. The van der Waals surface area contributed by atoms with Crippen molar-refractivity contribution in [2.45, 2.75) is 25.3 Å². The molecule has 2 aliphatic rings. The number of fused-ring (bicyclic) bond motifs is 1. The Bertz CT molecular complexity index is 868. The van der Waals surface area contributed by atoms with Crippen LogP contribution in [0.15, 0.2) is 42.5 Å². The molecule has 0 aromatic heterocycles. The zero-order chi connectivity index (χ0) is 18.1. The number of halogens is 1. The van der Waals surface area contributed by atoms with Gasteiger partial charge in [-0.05, 0) is 55.2 Å². The number of carbonyl (C=O) groups excluding carboxylic acids is 2. The van der Waals surface area contributed by atoms with Crippen molar-refractivity contribution in [3.63, 3.8) is 0 Å². The van der Waals surface area contributed by atoms with Gasteiger partial charge in [0.2, 0.25) is 5.91 Å². The van der Waals surface area contributed by atoms with Gasteiger partial charge in [-0.1, -0.05) is 12.1 Å². The zero-order valence-electron chi connectivity index (χ0n) is 14.3. The van der Waals surface area contributed by atoms with E-state index < -0.39 is 0 Å². The first-order chi connectivity index (χ1) is 12.6. The van der Waals surface area contributed by atoms with Crippen LogP contribution < -0.4 is 10.6 Å². The first-order valence-electron chi connectivity index (χ1n) is 8.86. The molecule has 1 unspecified atom stereocenters.